The quantitative estimate of drug-likeness (QED) is 0.843. The lowest BCUT2D eigenvalue weighted by Gasteiger charge is -2.17. The molecule has 1 saturated carbocycles. The number of carboxylic acid groups (broad SMARTS) is 1. The minimum absolute atomic E-state index is 0.0906. The van der Waals surface area contributed by atoms with Crippen LogP contribution in [-0.2, 0) is 15.3 Å². The fraction of sp³-hybridized carbons (Fsp3) is 0.467. The predicted molar refractivity (Wildman–Crippen MR) is 84.5 cm³/mol. The number of thioether (sulfide) groups is 1. The Morgan fingerprint density at radius 3 is 2.67 bits per heavy atom. The summed E-state index contributed by atoms with van der Waals surface area (Å²) in [4.78, 5) is 22.9. The first-order valence-electron chi connectivity index (χ1n) is 6.90. The Kier molecular flexibility index (Phi) is 5.94. The molecular formula is C15H18ClNO3S. The second-order valence-corrected chi connectivity index (χ2v) is 6.59. The van der Waals surface area contributed by atoms with Gasteiger partial charge in [0.1, 0.15) is 0 Å². The highest BCUT2D eigenvalue weighted by Gasteiger charge is 2.33. The van der Waals surface area contributed by atoms with Gasteiger partial charge in [-0.05, 0) is 30.5 Å². The highest BCUT2D eigenvalue weighted by Crippen LogP contribution is 2.26. The topological polar surface area (TPSA) is 66.4 Å². The van der Waals surface area contributed by atoms with Crippen molar-refractivity contribution in [3.63, 3.8) is 0 Å². The normalized spacial score (nSPS) is 21.2. The van der Waals surface area contributed by atoms with Crippen LogP contribution in [0.1, 0.15) is 24.8 Å². The van der Waals surface area contributed by atoms with E-state index in [0.717, 1.165) is 24.2 Å². The number of hydrogen-bond acceptors (Lipinski definition) is 3. The fourth-order valence-corrected chi connectivity index (χ4v) is 3.44. The molecule has 0 unspecified atom stereocenters. The van der Waals surface area contributed by atoms with Gasteiger partial charge >= 0.3 is 5.97 Å². The maximum Gasteiger partial charge on any atom is 0.308 e. The molecular weight excluding hydrogens is 310 g/mol. The number of hydrogen-bond donors (Lipinski definition) is 2. The number of amides is 1. The summed E-state index contributed by atoms with van der Waals surface area (Å²) in [6, 6.07) is 7.31. The van der Waals surface area contributed by atoms with Gasteiger partial charge < -0.3 is 10.4 Å². The molecule has 1 aliphatic rings. The van der Waals surface area contributed by atoms with E-state index in [1.165, 1.54) is 11.8 Å². The van der Waals surface area contributed by atoms with Crippen LogP contribution in [-0.4, -0.2) is 28.8 Å². The molecule has 0 radical (unpaired) electrons. The highest BCUT2D eigenvalue weighted by atomic mass is 35.5. The van der Waals surface area contributed by atoms with Crippen LogP contribution < -0.4 is 5.32 Å². The van der Waals surface area contributed by atoms with Gasteiger partial charge in [0.25, 0.3) is 0 Å². The number of benzene rings is 1. The molecule has 1 aromatic rings. The molecule has 4 nitrogen and oxygen atoms in total. The van der Waals surface area contributed by atoms with Gasteiger partial charge in [0, 0.05) is 16.8 Å². The molecule has 0 saturated heterocycles. The first kappa shape index (κ1) is 16.2. The fourth-order valence-electron chi connectivity index (χ4n) is 2.52. The Morgan fingerprint density at radius 2 is 2.00 bits per heavy atom. The van der Waals surface area contributed by atoms with Crippen molar-refractivity contribution in [1.82, 2.24) is 5.32 Å². The average molecular weight is 328 g/mol. The third-order valence-electron chi connectivity index (χ3n) is 3.59. The molecule has 2 N–H and O–H groups in total. The van der Waals surface area contributed by atoms with Gasteiger partial charge in [0.15, 0.2) is 0 Å². The molecule has 2 rings (SSSR count). The number of carboxylic acids is 1. The second kappa shape index (κ2) is 7.71. The van der Waals surface area contributed by atoms with Crippen LogP contribution in [0.3, 0.4) is 0 Å². The molecule has 1 fully saturated rings. The zero-order valence-electron chi connectivity index (χ0n) is 11.5. The maximum atomic E-state index is 11.9. The van der Waals surface area contributed by atoms with Crippen LogP contribution in [0.5, 0.6) is 0 Å². The lowest BCUT2D eigenvalue weighted by molar-refractivity contribution is -0.142. The first-order valence-corrected chi connectivity index (χ1v) is 8.44. The summed E-state index contributed by atoms with van der Waals surface area (Å²) in [5, 5.41) is 12.6. The number of carbonyl (C=O) groups is 2. The van der Waals surface area contributed by atoms with Crippen molar-refractivity contribution in [1.29, 1.82) is 0 Å². The van der Waals surface area contributed by atoms with Gasteiger partial charge in [0.2, 0.25) is 5.91 Å². The van der Waals surface area contributed by atoms with E-state index in [4.69, 9.17) is 16.7 Å². The minimum atomic E-state index is -0.813. The van der Waals surface area contributed by atoms with Gasteiger partial charge in [0.05, 0.1) is 11.7 Å². The van der Waals surface area contributed by atoms with E-state index < -0.39 is 11.9 Å². The SMILES string of the molecule is O=C(CSCc1ccc(Cl)cc1)N[C@H]1CCC[C@H]1C(=O)O. The molecule has 0 bridgehead atoms. The molecule has 0 spiro atoms. The smallest absolute Gasteiger partial charge is 0.308 e. The van der Waals surface area contributed by atoms with E-state index in [0.29, 0.717) is 17.2 Å². The van der Waals surface area contributed by atoms with Crippen LogP contribution in [0.15, 0.2) is 24.3 Å². The van der Waals surface area contributed by atoms with E-state index in [1.807, 2.05) is 24.3 Å². The van der Waals surface area contributed by atoms with Crippen molar-refractivity contribution in [3.05, 3.63) is 34.9 Å². The molecule has 0 heterocycles. The Morgan fingerprint density at radius 1 is 1.29 bits per heavy atom. The Bertz CT molecular complexity index is 506. The summed E-state index contributed by atoms with van der Waals surface area (Å²) in [5.41, 5.74) is 1.11. The van der Waals surface area contributed by atoms with Gasteiger partial charge in [-0.2, -0.15) is 0 Å². The third-order valence-corrected chi connectivity index (χ3v) is 4.85. The van der Waals surface area contributed by atoms with E-state index in [-0.39, 0.29) is 11.9 Å². The van der Waals surface area contributed by atoms with Crippen LogP contribution in [0.2, 0.25) is 5.02 Å². The van der Waals surface area contributed by atoms with Crippen molar-refractivity contribution in [2.75, 3.05) is 5.75 Å². The van der Waals surface area contributed by atoms with Crippen molar-refractivity contribution in [2.24, 2.45) is 5.92 Å². The van der Waals surface area contributed by atoms with Crippen molar-refractivity contribution >= 4 is 35.2 Å². The number of aliphatic carboxylic acids is 1. The van der Waals surface area contributed by atoms with Crippen LogP contribution >= 0.6 is 23.4 Å². The molecule has 2 atom stereocenters. The van der Waals surface area contributed by atoms with E-state index in [2.05, 4.69) is 5.32 Å². The molecule has 0 aliphatic heterocycles. The zero-order chi connectivity index (χ0) is 15.2. The number of rotatable bonds is 6. The van der Waals surface area contributed by atoms with E-state index in [1.54, 1.807) is 0 Å². The summed E-state index contributed by atoms with van der Waals surface area (Å²) >= 11 is 7.32. The summed E-state index contributed by atoms with van der Waals surface area (Å²) in [6.07, 6.45) is 2.27. The molecule has 1 aliphatic carbocycles. The van der Waals surface area contributed by atoms with E-state index in [9.17, 15) is 9.59 Å². The molecule has 0 aromatic heterocycles. The summed E-state index contributed by atoms with van der Waals surface area (Å²) in [5.74, 6) is -0.266. The lowest BCUT2D eigenvalue weighted by Crippen LogP contribution is -2.41. The number of nitrogens with one attached hydrogen (secondary N) is 1. The number of carbonyl (C=O) groups excluding carboxylic acids is 1. The molecule has 6 heteroatoms. The van der Waals surface area contributed by atoms with Crippen molar-refractivity contribution in [2.45, 2.75) is 31.1 Å². The number of halogens is 1. The summed E-state index contributed by atoms with van der Waals surface area (Å²) < 4.78 is 0. The zero-order valence-corrected chi connectivity index (χ0v) is 13.1. The van der Waals surface area contributed by atoms with Crippen LogP contribution in [0.25, 0.3) is 0 Å². The van der Waals surface area contributed by atoms with Gasteiger partial charge in [-0.15, -0.1) is 11.8 Å². The molecule has 21 heavy (non-hydrogen) atoms. The Hall–Kier alpha value is -1.20. The van der Waals surface area contributed by atoms with Crippen LogP contribution in [0.4, 0.5) is 0 Å². The Balaban J connectivity index is 1.72. The largest absolute Gasteiger partial charge is 0.481 e. The Labute approximate surface area is 133 Å². The second-order valence-electron chi connectivity index (χ2n) is 5.17. The molecule has 1 amide bonds. The minimum Gasteiger partial charge on any atom is -0.481 e. The van der Waals surface area contributed by atoms with Crippen molar-refractivity contribution in [3.8, 4) is 0 Å². The first-order chi connectivity index (χ1) is 10.1. The average Bonchev–Trinajstić information content (AvgIpc) is 2.89. The van der Waals surface area contributed by atoms with Gasteiger partial charge in [-0.1, -0.05) is 30.2 Å². The van der Waals surface area contributed by atoms with Crippen LogP contribution in [0, 0.1) is 5.92 Å². The lowest BCUT2D eigenvalue weighted by atomic mass is 10.0. The summed E-state index contributed by atoms with van der Waals surface area (Å²) in [7, 11) is 0. The van der Waals surface area contributed by atoms with Gasteiger partial charge in [-0.3, -0.25) is 9.59 Å². The molecule has 1 aromatic carbocycles. The maximum absolute atomic E-state index is 11.9. The highest BCUT2D eigenvalue weighted by molar-refractivity contribution is 7.99. The molecule has 114 valence electrons. The van der Waals surface area contributed by atoms with Gasteiger partial charge in [-0.25, -0.2) is 0 Å². The van der Waals surface area contributed by atoms with E-state index >= 15 is 0 Å². The monoisotopic (exact) mass is 327 g/mol. The summed E-state index contributed by atoms with van der Waals surface area (Å²) in [6.45, 7) is 0. The standard InChI is InChI=1S/C15H18ClNO3S/c16-11-6-4-10(5-7-11)8-21-9-14(18)17-13-3-1-2-12(13)15(19)20/h4-7,12-13H,1-3,8-9H2,(H,17,18)(H,19,20)/t12-,13+/m1/s1. The third kappa shape index (κ3) is 4.93. The predicted octanol–water partition coefficient (Wildman–Crippen LogP) is 2.94. The van der Waals surface area contributed by atoms with Crippen molar-refractivity contribution < 1.29 is 14.7 Å².